The summed E-state index contributed by atoms with van der Waals surface area (Å²) in [5, 5.41) is 0. The topological polar surface area (TPSA) is 0 Å². The van der Waals surface area contributed by atoms with Crippen molar-refractivity contribution in [3.63, 3.8) is 0 Å². The Hall–Kier alpha value is -0.780. The standard InChI is InChI=1S/C13H20/c1-10(2)8-11(3)6-5-7-13-9-12(13)4/h5-6,8,10,13H,4,7,9H2,1-3H3. The highest BCUT2D eigenvalue weighted by Gasteiger charge is 2.24. The number of allylic oxidation sites excluding steroid dienone is 5. The molecule has 0 heteroatoms. The molecule has 0 bridgehead atoms. The molecule has 1 unspecified atom stereocenters. The highest BCUT2D eigenvalue weighted by atomic mass is 14.3. The van der Waals surface area contributed by atoms with Crippen molar-refractivity contribution in [2.75, 3.05) is 0 Å². The van der Waals surface area contributed by atoms with Gasteiger partial charge in [0.1, 0.15) is 0 Å². The molecule has 0 radical (unpaired) electrons. The largest absolute Gasteiger partial charge is 0.0995 e. The maximum Gasteiger partial charge on any atom is -0.0134 e. The van der Waals surface area contributed by atoms with Crippen LogP contribution in [0.5, 0.6) is 0 Å². The molecule has 13 heavy (non-hydrogen) atoms. The van der Waals surface area contributed by atoms with Crippen LogP contribution in [0.3, 0.4) is 0 Å². The normalized spacial score (nSPS) is 23.2. The second kappa shape index (κ2) is 4.45. The Bertz CT molecular complexity index is 241. The number of hydrogen-bond donors (Lipinski definition) is 0. The van der Waals surface area contributed by atoms with E-state index in [-0.39, 0.29) is 0 Å². The minimum atomic E-state index is 0.653. The second-order valence-corrected chi connectivity index (χ2v) is 4.35. The van der Waals surface area contributed by atoms with Gasteiger partial charge in [0.05, 0.1) is 0 Å². The molecule has 1 saturated carbocycles. The van der Waals surface area contributed by atoms with Gasteiger partial charge < -0.3 is 0 Å². The SMILES string of the molecule is C=C1CC1CC=CC(C)=CC(C)C. The van der Waals surface area contributed by atoms with Crippen molar-refractivity contribution in [1.82, 2.24) is 0 Å². The molecule has 0 saturated heterocycles. The van der Waals surface area contributed by atoms with Crippen LogP contribution in [0.15, 0.2) is 36.0 Å². The fourth-order valence-corrected chi connectivity index (χ4v) is 1.51. The van der Waals surface area contributed by atoms with Crippen LogP contribution < -0.4 is 0 Å². The first-order valence-electron chi connectivity index (χ1n) is 5.12. The van der Waals surface area contributed by atoms with E-state index in [2.05, 4.69) is 45.6 Å². The first kappa shape index (κ1) is 10.3. The molecule has 0 aromatic heterocycles. The Balaban J connectivity index is 2.26. The Morgan fingerprint density at radius 3 is 2.69 bits per heavy atom. The number of hydrogen-bond acceptors (Lipinski definition) is 0. The smallest absolute Gasteiger partial charge is 0.0134 e. The molecular formula is C13H20. The van der Waals surface area contributed by atoms with E-state index in [1.54, 1.807) is 0 Å². The van der Waals surface area contributed by atoms with Crippen LogP contribution in [0.2, 0.25) is 0 Å². The molecule has 0 heterocycles. The predicted molar refractivity (Wildman–Crippen MR) is 59.6 cm³/mol. The van der Waals surface area contributed by atoms with E-state index < -0.39 is 0 Å². The van der Waals surface area contributed by atoms with E-state index in [9.17, 15) is 0 Å². The van der Waals surface area contributed by atoms with Crippen LogP contribution in [0.4, 0.5) is 0 Å². The Morgan fingerprint density at radius 2 is 2.23 bits per heavy atom. The Morgan fingerprint density at radius 1 is 1.62 bits per heavy atom. The molecule has 1 rings (SSSR count). The first-order chi connectivity index (χ1) is 6.09. The summed E-state index contributed by atoms with van der Waals surface area (Å²) < 4.78 is 0. The van der Waals surface area contributed by atoms with Gasteiger partial charge >= 0.3 is 0 Å². The minimum Gasteiger partial charge on any atom is -0.0995 e. The maximum absolute atomic E-state index is 3.95. The van der Waals surface area contributed by atoms with Gasteiger partial charge in [0.2, 0.25) is 0 Å². The lowest BCUT2D eigenvalue weighted by Crippen LogP contribution is -1.80. The van der Waals surface area contributed by atoms with E-state index in [1.165, 1.54) is 24.0 Å². The molecule has 1 aliphatic rings. The van der Waals surface area contributed by atoms with Crippen LogP contribution in [-0.2, 0) is 0 Å². The van der Waals surface area contributed by atoms with Crippen LogP contribution in [-0.4, -0.2) is 0 Å². The van der Waals surface area contributed by atoms with Crippen molar-refractivity contribution in [2.24, 2.45) is 11.8 Å². The van der Waals surface area contributed by atoms with Crippen LogP contribution in [0, 0.1) is 11.8 Å². The molecular weight excluding hydrogens is 156 g/mol. The summed E-state index contributed by atoms with van der Waals surface area (Å²) in [5.41, 5.74) is 2.80. The first-order valence-corrected chi connectivity index (χ1v) is 5.12. The molecule has 0 aliphatic heterocycles. The zero-order valence-corrected chi connectivity index (χ0v) is 9.01. The van der Waals surface area contributed by atoms with Crippen molar-refractivity contribution >= 4 is 0 Å². The second-order valence-electron chi connectivity index (χ2n) is 4.35. The molecule has 0 N–H and O–H groups in total. The van der Waals surface area contributed by atoms with Gasteiger partial charge in [-0.25, -0.2) is 0 Å². The molecule has 0 amide bonds. The molecule has 0 nitrogen and oxygen atoms in total. The lowest BCUT2D eigenvalue weighted by atomic mass is 10.1. The van der Waals surface area contributed by atoms with Crippen LogP contribution in [0.25, 0.3) is 0 Å². The quantitative estimate of drug-likeness (QED) is 0.446. The summed E-state index contributed by atoms with van der Waals surface area (Å²) in [7, 11) is 0. The third-order valence-electron chi connectivity index (χ3n) is 2.32. The van der Waals surface area contributed by atoms with E-state index in [1.807, 2.05) is 0 Å². The predicted octanol–water partition coefficient (Wildman–Crippen LogP) is 4.11. The summed E-state index contributed by atoms with van der Waals surface area (Å²) in [6.45, 7) is 10.5. The lowest BCUT2D eigenvalue weighted by Gasteiger charge is -1.96. The highest BCUT2D eigenvalue weighted by Crippen LogP contribution is 2.38. The van der Waals surface area contributed by atoms with Crippen molar-refractivity contribution in [3.05, 3.63) is 36.0 Å². The van der Waals surface area contributed by atoms with Crippen molar-refractivity contribution in [1.29, 1.82) is 0 Å². The molecule has 72 valence electrons. The third-order valence-corrected chi connectivity index (χ3v) is 2.32. The summed E-state index contributed by atoms with van der Waals surface area (Å²) in [6, 6.07) is 0. The highest BCUT2D eigenvalue weighted by molar-refractivity contribution is 5.22. The Kier molecular flexibility index (Phi) is 3.53. The molecule has 0 aromatic rings. The van der Waals surface area contributed by atoms with Gasteiger partial charge in [-0.1, -0.05) is 49.8 Å². The minimum absolute atomic E-state index is 0.653. The van der Waals surface area contributed by atoms with E-state index in [0.29, 0.717) is 5.92 Å². The van der Waals surface area contributed by atoms with Crippen molar-refractivity contribution in [3.8, 4) is 0 Å². The summed E-state index contributed by atoms with van der Waals surface area (Å²) in [4.78, 5) is 0. The monoisotopic (exact) mass is 176 g/mol. The van der Waals surface area contributed by atoms with E-state index in [0.717, 1.165) is 5.92 Å². The van der Waals surface area contributed by atoms with Crippen molar-refractivity contribution in [2.45, 2.75) is 33.6 Å². The van der Waals surface area contributed by atoms with Gasteiger partial charge in [-0.15, -0.1) is 0 Å². The number of rotatable bonds is 4. The van der Waals surface area contributed by atoms with E-state index >= 15 is 0 Å². The van der Waals surface area contributed by atoms with Gasteiger partial charge in [0.25, 0.3) is 0 Å². The maximum atomic E-state index is 3.95. The molecule has 1 fully saturated rings. The van der Waals surface area contributed by atoms with E-state index in [4.69, 9.17) is 0 Å². The fraction of sp³-hybridized carbons (Fsp3) is 0.538. The van der Waals surface area contributed by atoms with Gasteiger partial charge in [0, 0.05) is 0 Å². The fourth-order valence-electron chi connectivity index (χ4n) is 1.51. The summed E-state index contributed by atoms with van der Waals surface area (Å²) in [5.74, 6) is 1.45. The molecule has 0 aromatic carbocycles. The molecule has 1 atom stereocenters. The molecule has 0 spiro atoms. The van der Waals surface area contributed by atoms with Gasteiger partial charge in [-0.2, -0.15) is 0 Å². The Labute approximate surface area is 82.0 Å². The van der Waals surface area contributed by atoms with Crippen LogP contribution >= 0.6 is 0 Å². The third kappa shape index (κ3) is 4.12. The average molecular weight is 176 g/mol. The zero-order chi connectivity index (χ0) is 9.84. The van der Waals surface area contributed by atoms with Gasteiger partial charge in [-0.05, 0) is 31.6 Å². The van der Waals surface area contributed by atoms with Crippen molar-refractivity contribution < 1.29 is 0 Å². The molecule has 1 aliphatic carbocycles. The lowest BCUT2D eigenvalue weighted by molar-refractivity contribution is 0.824. The van der Waals surface area contributed by atoms with Gasteiger partial charge in [-0.3, -0.25) is 0 Å². The summed E-state index contributed by atoms with van der Waals surface area (Å²) in [6.07, 6.45) is 9.22. The van der Waals surface area contributed by atoms with Crippen LogP contribution in [0.1, 0.15) is 33.6 Å². The zero-order valence-electron chi connectivity index (χ0n) is 9.01. The van der Waals surface area contributed by atoms with Gasteiger partial charge in [0.15, 0.2) is 0 Å². The summed E-state index contributed by atoms with van der Waals surface area (Å²) >= 11 is 0. The average Bonchev–Trinajstić information content (AvgIpc) is 2.64.